The molecule has 9 heteroatoms. The van der Waals surface area contributed by atoms with E-state index in [0.29, 0.717) is 16.3 Å². The second-order valence-electron chi connectivity index (χ2n) is 11.7. The van der Waals surface area contributed by atoms with E-state index in [0.717, 1.165) is 15.4 Å². The van der Waals surface area contributed by atoms with Gasteiger partial charge in [-0.15, -0.1) is 0 Å². The number of benzene rings is 4. The number of nitrogens with one attached hydrogen (secondary N) is 1. The van der Waals surface area contributed by atoms with Crippen LogP contribution in [0.25, 0.3) is 0 Å². The number of amides is 2. The van der Waals surface area contributed by atoms with Gasteiger partial charge in [-0.2, -0.15) is 0 Å². The third kappa shape index (κ3) is 8.49. The molecule has 0 heterocycles. The van der Waals surface area contributed by atoms with E-state index in [2.05, 4.69) is 5.32 Å². The maximum Gasteiger partial charge on any atom is 0.264 e. The Hall–Kier alpha value is -4.14. The largest absolute Gasteiger partial charge is 0.350 e. The molecule has 0 aliphatic carbocycles. The number of hydrogen-bond donors (Lipinski definition) is 1. The fraction of sp³-hybridized carbons (Fsp3) is 0.257. The molecule has 1 atom stereocenters. The highest BCUT2D eigenvalue weighted by Crippen LogP contribution is 2.26. The third-order valence-electron chi connectivity index (χ3n) is 7.00. The van der Waals surface area contributed by atoms with Crippen LogP contribution in [-0.4, -0.2) is 43.3 Å². The normalized spacial score (nSPS) is 12.3. The molecule has 4 aromatic rings. The predicted octanol–water partition coefficient (Wildman–Crippen LogP) is 6.40. The van der Waals surface area contributed by atoms with E-state index in [4.69, 9.17) is 11.6 Å². The molecule has 0 saturated heterocycles. The number of halogens is 1. The number of carbonyl (C=O) groups is 2. The summed E-state index contributed by atoms with van der Waals surface area (Å²) in [5, 5.41) is 3.46. The van der Waals surface area contributed by atoms with Gasteiger partial charge in [0.1, 0.15) is 12.6 Å². The highest BCUT2D eigenvalue weighted by atomic mass is 35.5. The van der Waals surface area contributed by atoms with Crippen LogP contribution in [0.5, 0.6) is 0 Å². The summed E-state index contributed by atoms with van der Waals surface area (Å²) < 4.78 is 29.2. The van der Waals surface area contributed by atoms with Gasteiger partial charge in [0.2, 0.25) is 11.8 Å². The van der Waals surface area contributed by atoms with Crippen LogP contribution in [0, 0.1) is 6.92 Å². The molecule has 2 amide bonds. The van der Waals surface area contributed by atoms with Crippen LogP contribution in [0.2, 0.25) is 5.02 Å². The van der Waals surface area contributed by atoms with Gasteiger partial charge in [0.25, 0.3) is 10.0 Å². The van der Waals surface area contributed by atoms with Crippen LogP contribution < -0.4 is 9.62 Å². The van der Waals surface area contributed by atoms with E-state index in [9.17, 15) is 18.0 Å². The number of sulfonamides is 1. The SMILES string of the molecule is Cc1ccc(N(CC(=O)N(Cc2ccccc2Cl)C(Cc2ccccc2)C(=O)NC(C)(C)C)S(=O)(=O)c2ccccc2)cc1. The van der Waals surface area contributed by atoms with Crippen molar-refractivity contribution in [2.24, 2.45) is 0 Å². The molecule has 7 nitrogen and oxygen atoms in total. The second-order valence-corrected chi connectivity index (χ2v) is 14.0. The first-order valence-electron chi connectivity index (χ1n) is 14.4. The van der Waals surface area contributed by atoms with Crippen LogP contribution in [0.4, 0.5) is 5.69 Å². The van der Waals surface area contributed by atoms with E-state index in [1.54, 1.807) is 60.7 Å². The molecular weight excluding hydrogens is 594 g/mol. The van der Waals surface area contributed by atoms with Gasteiger partial charge in [-0.25, -0.2) is 8.42 Å². The lowest BCUT2D eigenvalue weighted by molar-refractivity contribution is -0.140. The van der Waals surface area contributed by atoms with E-state index in [1.165, 1.54) is 17.0 Å². The minimum absolute atomic E-state index is 0.000687. The summed E-state index contributed by atoms with van der Waals surface area (Å²) >= 11 is 6.55. The smallest absolute Gasteiger partial charge is 0.264 e. The van der Waals surface area contributed by atoms with E-state index >= 15 is 0 Å². The molecule has 0 saturated carbocycles. The Morgan fingerprint density at radius 1 is 0.818 bits per heavy atom. The summed E-state index contributed by atoms with van der Waals surface area (Å²) in [6, 6.07) is 30.5. The minimum atomic E-state index is -4.15. The molecule has 0 aliphatic heterocycles. The molecule has 0 aromatic heterocycles. The Bertz CT molecular complexity index is 1670. The van der Waals surface area contributed by atoms with Gasteiger partial charge in [0, 0.05) is 23.5 Å². The fourth-order valence-corrected chi connectivity index (χ4v) is 6.41. The number of anilines is 1. The van der Waals surface area contributed by atoms with Crippen molar-refractivity contribution in [3.63, 3.8) is 0 Å². The molecule has 0 spiro atoms. The zero-order valence-corrected chi connectivity index (χ0v) is 27.0. The number of aryl methyl sites for hydroxylation is 1. The van der Waals surface area contributed by atoms with Gasteiger partial charge in [0.05, 0.1) is 10.6 Å². The third-order valence-corrected chi connectivity index (χ3v) is 9.16. The number of hydrogen-bond acceptors (Lipinski definition) is 4. The molecule has 44 heavy (non-hydrogen) atoms. The number of rotatable bonds is 11. The van der Waals surface area contributed by atoms with Gasteiger partial charge < -0.3 is 10.2 Å². The zero-order chi connectivity index (χ0) is 31.9. The zero-order valence-electron chi connectivity index (χ0n) is 25.4. The Balaban J connectivity index is 1.82. The summed E-state index contributed by atoms with van der Waals surface area (Å²) in [6.45, 7) is 6.99. The summed E-state index contributed by atoms with van der Waals surface area (Å²) in [7, 11) is -4.15. The first kappa shape index (κ1) is 32.8. The maximum absolute atomic E-state index is 14.5. The summed E-state index contributed by atoms with van der Waals surface area (Å²) in [5.74, 6) is -0.899. The highest BCUT2D eigenvalue weighted by Gasteiger charge is 2.35. The summed E-state index contributed by atoms with van der Waals surface area (Å²) in [5.41, 5.74) is 2.20. The summed E-state index contributed by atoms with van der Waals surface area (Å²) in [4.78, 5) is 29.9. The van der Waals surface area contributed by atoms with E-state index < -0.39 is 34.1 Å². The topological polar surface area (TPSA) is 86.8 Å². The lowest BCUT2D eigenvalue weighted by Crippen LogP contribution is -2.56. The van der Waals surface area contributed by atoms with E-state index in [-0.39, 0.29) is 23.8 Å². The van der Waals surface area contributed by atoms with Crippen molar-refractivity contribution >= 4 is 39.1 Å². The highest BCUT2D eigenvalue weighted by molar-refractivity contribution is 7.92. The summed E-state index contributed by atoms with van der Waals surface area (Å²) in [6.07, 6.45) is 0.217. The van der Waals surface area contributed by atoms with Gasteiger partial charge in [-0.3, -0.25) is 13.9 Å². The molecule has 4 aromatic carbocycles. The van der Waals surface area contributed by atoms with Crippen molar-refractivity contribution in [2.75, 3.05) is 10.8 Å². The molecule has 230 valence electrons. The van der Waals surface area contributed by atoms with Crippen LogP contribution in [-0.2, 0) is 32.6 Å². The number of nitrogens with zero attached hydrogens (tertiary/aromatic N) is 2. The van der Waals surface area contributed by atoms with Gasteiger partial charge in [0.15, 0.2) is 0 Å². The molecule has 0 bridgehead atoms. The van der Waals surface area contributed by atoms with Crippen molar-refractivity contribution in [3.05, 3.63) is 131 Å². The Morgan fingerprint density at radius 3 is 1.98 bits per heavy atom. The average Bonchev–Trinajstić information content (AvgIpc) is 2.99. The molecule has 4 rings (SSSR count). The van der Waals surface area contributed by atoms with E-state index in [1.807, 2.05) is 64.1 Å². The van der Waals surface area contributed by atoms with Crippen molar-refractivity contribution in [3.8, 4) is 0 Å². The molecule has 0 fully saturated rings. The molecular formula is C35H38ClN3O4S. The first-order chi connectivity index (χ1) is 20.8. The molecule has 1 unspecified atom stereocenters. The lowest BCUT2D eigenvalue weighted by Gasteiger charge is -2.35. The molecule has 0 radical (unpaired) electrons. The van der Waals surface area contributed by atoms with Crippen LogP contribution in [0.15, 0.2) is 114 Å². The Kier molecular flexibility index (Phi) is 10.5. The Morgan fingerprint density at radius 2 is 1.39 bits per heavy atom. The Labute approximate surface area is 265 Å². The van der Waals surface area contributed by atoms with Crippen molar-refractivity contribution in [2.45, 2.75) is 57.1 Å². The average molecular weight is 632 g/mol. The lowest BCUT2D eigenvalue weighted by atomic mass is 10.0. The minimum Gasteiger partial charge on any atom is -0.350 e. The molecule has 1 N–H and O–H groups in total. The predicted molar refractivity (Wildman–Crippen MR) is 176 cm³/mol. The fourth-order valence-electron chi connectivity index (χ4n) is 4.78. The van der Waals surface area contributed by atoms with Crippen molar-refractivity contribution in [1.29, 1.82) is 0 Å². The first-order valence-corrected chi connectivity index (χ1v) is 16.2. The van der Waals surface area contributed by atoms with Crippen LogP contribution >= 0.6 is 11.6 Å². The monoisotopic (exact) mass is 631 g/mol. The van der Waals surface area contributed by atoms with Crippen molar-refractivity contribution < 1.29 is 18.0 Å². The maximum atomic E-state index is 14.5. The van der Waals surface area contributed by atoms with Crippen LogP contribution in [0.1, 0.15) is 37.5 Å². The van der Waals surface area contributed by atoms with Crippen molar-refractivity contribution in [1.82, 2.24) is 10.2 Å². The van der Waals surface area contributed by atoms with Gasteiger partial charge in [-0.1, -0.05) is 96.0 Å². The van der Waals surface area contributed by atoms with Gasteiger partial charge in [-0.05, 0) is 69.2 Å². The number of carbonyl (C=O) groups excluding carboxylic acids is 2. The molecule has 0 aliphatic rings. The van der Waals surface area contributed by atoms with Gasteiger partial charge >= 0.3 is 0 Å². The second kappa shape index (κ2) is 14.1. The quantitative estimate of drug-likeness (QED) is 0.208. The standard InChI is InChI=1S/C35H38ClN3O4S/c1-26-19-21-29(22-20-26)39(44(42,43)30-16-9-6-10-17-30)25-33(40)38(24-28-15-11-12-18-31(28)36)32(34(41)37-35(2,3)4)23-27-13-7-5-8-14-27/h5-22,32H,23-25H2,1-4H3,(H,37,41). The van der Waals surface area contributed by atoms with Crippen LogP contribution in [0.3, 0.4) is 0 Å².